The highest BCUT2D eigenvalue weighted by molar-refractivity contribution is 5.38. The molecule has 1 aliphatic rings. The molecule has 3 aromatic carbocycles. The summed E-state index contributed by atoms with van der Waals surface area (Å²) in [6, 6.07) is 21.3. The fourth-order valence-electron chi connectivity index (χ4n) is 3.95. The Labute approximate surface area is 176 Å². The lowest BCUT2D eigenvalue weighted by molar-refractivity contribution is 0.235. The molecule has 5 heteroatoms. The summed E-state index contributed by atoms with van der Waals surface area (Å²) in [4.78, 5) is 2.26. The van der Waals surface area contributed by atoms with Gasteiger partial charge in [0, 0.05) is 31.3 Å². The molecule has 1 saturated heterocycles. The van der Waals surface area contributed by atoms with Gasteiger partial charge in [0.25, 0.3) is 0 Å². The molecule has 1 unspecified atom stereocenters. The van der Waals surface area contributed by atoms with Gasteiger partial charge in [-0.1, -0.05) is 48.5 Å². The molecule has 0 aromatic heterocycles. The summed E-state index contributed by atoms with van der Waals surface area (Å²) >= 11 is 0. The Bertz CT molecular complexity index is 956. The molecule has 0 bridgehead atoms. The van der Waals surface area contributed by atoms with E-state index in [0.717, 1.165) is 55.5 Å². The average Bonchev–Trinajstić information content (AvgIpc) is 3.05. The van der Waals surface area contributed by atoms with Crippen molar-refractivity contribution in [1.29, 1.82) is 0 Å². The molecule has 0 aliphatic carbocycles. The van der Waals surface area contributed by atoms with Crippen molar-refractivity contribution < 1.29 is 13.5 Å². The first-order chi connectivity index (χ1) is 14.7. The van der Waals surface area contributed by atoms with Crippen molar-refractivity contribution in [2.24, 2.45) is 0 Å². The van der Waals surface area contributed by atoms with Gasteiger partial charge in [0.05, 0.1) is 6.04 Å². The van der Waals surface area contributed by atoms with Gasteiger partial charge in [-0.05, 0) is 42.3 Å². The Morgan fingerprint density at radius 1 is 0.900 bits per heavy atom. The summed E-state index contributed by atoms with van der Waals surface area (Å²) in [6.07, 6.45) is 0.976. The number of nitrogens with one attached hydrogen (secondary N) is 1. The van der Waals surface area contributed by atoms with Crippen LogP contribution in [-0.2, 0) is 6.61 Å². The van der Waals surface area contributed by atoms with Crippen molar-refractivity contribution >= 4 is 0 Å². The zero-order chi connectivity index (χ0) is 20.8. The highest BCUT2D eigenvalue weighted by Gasteiger charge is 2.26. The molecular formula is C25H26F2N2O. The molecule has 156 valence electrons. The van der Waals surface area contributed by atoms with Crippen LogP contribution in [0.25, 0.3) is 0 Å². The normalized spacial score (nSPS) is 16.1. The predicted octanol–water partition coefficient (Wildman–Crippen LogP) is 4.93. The lowest BCUT2D eigenvalue weighted by Crippen LogP contribution is -2.33. The summed E-state index contributed by atoms with van der Waals surface area (Å²) in [5, 5.41) is 3.39. The monoisotopic (exact) mass is 408 g/mol. The molecule has 0 saturated carbocycles. The Kier molecular flexibility index (Phi) is 6.72. The Hall–Kier alpha value is -2.76. The standard InChI is InChI=1S/C25H26F2N2O/c26-21-10-11-23(24(27)17-21)25(29-14-5-12-28-13-15-29)20-8-4-9-22(16-20)30-18-19-6-2-1-3-7-19/h1-4,6-11,16-17,25,28H,5,12-15,18H2. The molecule has 0 radical (unpaired) electrons. The van der Waals surface area contributed by atoms with E-state index in [9.17, 15) is 8.78 Å². The zero-order valence-electron chi connectivity index (χ0n) is 16.9. The van der Waals surface area contributed by atoms with E-state index < -0.39 is 11.6 Å². The lowest BCUT2D eigenvalue weighted by Gasteiger charge is -2.31. The summed E-state index contributed by atoms with van der Waals surface area (Å²) < 4.78 is 34.4. The third-order valence-electron chi connectivity index (χ3n) is 5.42. The van der Waals surface area contributed by atoms with Crippen LogP contribution >= 0.6 is 0 Å². The largest absolute Gasteiger partial charge is 0.489 e. The minimum absolute atomic E-state index is 0.300. The van der Waals surface area contributed by atoms with E-state index in [1.165, 1.54) is 6.07 Å². The SMILES string of the molecule is Fc1ccc(C(c2cccc(OCc3ccccc3)c2)N2CCCNCC2)c(F)c1. The van der Waals surface area contributed by atoms with Gasteiger partial charge < -0.3 is 10.1 Å². The van der Waals surface area contributed by atoms with E-state index in [4.69, 9.17) is 4.74 Å². The van der Waals surface area contributed by atoms with Crippen LogP contribution in [0.2, 0.25) is 0 Å². The first kappa shape index (κ1) is 20.5. The molecule has 3 aromatic rings. The first-order valence-corrected chi connectivity index (χ1v) is 10.4. The minimum atomic E-state index is -0.563. The number of nitrogens with zero attached hydrogens (tertiary/aromatic N) is 1. The summed E-state index contributed by atoms with van der Waals surface area (Å²) in [5.74, 6) is -0.350. The second-order valence-electron chi connectivity index (χ2n) is 7.55. The van der Waals surface area contributed by atoms with Crippen molar-refractivity contribution in [3.63, 3.8) is 0 Å². The van der Waals surface area contributed by atoms with Gasteiger partial charge in [-0.15, -0.1) is 0 Å². The molecule has 0 spiro atoms. The molecule has 30 heavy (non-hydrogen) atoms. The van der Waals surface area contributed by atoms with E-state index >= 15 is 0 Å². The first-order valence-electron chi connectivity index (χ1n) is 10.4. The minimum Gasteiger partial charge on any atom is -0.489 e. The van der Waals surface area contributed by atoms with Crippen LogP contribution in [0.15, 0.2) is 72.8 Å². The quantitative estimate of drug-likeness (QED) is 0.626. The van der Waals surface area contributed by atoms with Gasteiger partial charge >= 0.3 is 0 Å². The van der Waals surface area contributed by atoms with Crippen LogP contribution in [0.4, 0.5) is 8.78 Å². The Morgan fingerprint density at radius 2 is 1.77 bits per heavy atom. The maximum atomic E-state index is 14.8. The number of hydrogen-bond acceptors (Lipinski definition) is 3. The second kappa shape index (κ2) is 9.83. The maximum Gasteiger partial charge on any atom is 0.131 e. The van der Waals surface area contributed by atoms with E-state index in [1.54, 1.807) is 6.07 Å². The van der Waals surface area contributed by atoms with E-state index in [1.807, 2.05) is 54.6 Å². The summed E-state index contributed by atoms with van der Waals surface area (Å²) in [7, 11) is 0. The summed E-state index contributed by atoms with van der Waals surface area (Å²) in [5.41, 5.74) is 2.51. The lowest BCUT2D eigenvalue weighted by atomic mass is 9.96. The van der Waals surface area contributed by atoms with Crippen LogP contribution in [0.3, 0.4) is 0 Å². The molecule has 1 heterocycles. The van der Waals surface area contributed by atoms with Crippen LogP contribution in [-0.4, -0.2) is 31.1 Å². The third kappa shape index (κ3) is 5.04. The van der Waals surface area contributed by atoms with Crippen molar-refractivity contribution in [1.82, 2.24) is 10.2 Å². The third-order valence-corrected chi connectivity index (χ3v) is 5.42. The van der Waals surface area contributed by atoms with E-state index in [-0.39, 0.29) is 6.04 Å². The van der Waals surface area contributed by atoms with Crippen LogP contribution in [0.5, 0.6) is 5.75 Å². The number of ether oxygens (including phenoxy) is 1. The van der Waals surface area contributed by atoms with Crippen molar-refractivity contribution in [3.8, 4) is 5.75 Å². The fourth-order valence-corrected chi connectivity index (χ4v) is 3.95. The average molecular weight is 408 g/mol. The van der Waals surface area contributed by atoms with Gasteiger partial charge in [-0.2, -0.15) is 0 Å². The zero-order valence-corrected chi connectivity index (χ0v) is 16.9. The number of halogens is 2. The van der Waals surface area contributed by atoms with E-state index in [2.05, 4.69) is 10.2 Å². The maximum absolute atomic E-state index is 14.8. The van der Waals surface area contributed by atoms with Gasteiger partial charge in [0.2, 0.25) is 0 Å². The molecule has 1 fully saturated rings. The van der Waals surface area contributed by atoms with Crippen LogP contribution < -0.4 is 10.1 Å². The van der Waals surface area contributed by atoms with Crippen molar-refractivity contribution in [2.75, 3.05) is 26.2 Å². The van der Waals surface area contributed by atoms with Gasteiger partial charge in [0.1, 0.15) is 24.0 Å². The van der Waals surface area contributed by atoms with Crippen molar-refractivity contribution in [2.45, 2.75) is 19.1 Å². The number of benzene rings is 3. The Balaban J connectivity index is 1.64. The smallest absolute Gasteiger partial charge is 0.131 e. The van der Waals surface area contributed by atoms with E-state index in [0.29, 0.717) is 12.2 Å². The van der Waals surface area contributed by atoms with Gasteiger partial charge in [-0.3, -0.25) is 4.90 Å². The summed E-state index contributed by atoms with van der Waals surface area (Å²) in [6.45, 7) is 3.87. The molecule has 1 aliphatic heterocycles. The second-order valence-corrected chi connectivity index (χ2v) is 7.55. The topological polar surface area (TPSA) is 24.5 Å². The van der Waals surface area contributed by atoms with Crippen LogP contribution in [0.1, 0.15) is 29.2 Å². The highest BCUT2D eigenvalue weighted by atomic mass is 19.1. The highest BCUT2D eigenvalue weighted by Crippen LogP contribution is 2.33. The molecular weight excluding hydrogens is 382 g/mol. The predicted molar refractivity (Wildman–Crippen MR) is 114 cm³/mol. The Morgan fingerprint density at radius 3 is 2.60 bits per heavy atom. The van der Waals surface area contributed by atoms with Crippen molar-refractivity contribution in [3.05, 3.63) is 101 Å². The molecule has 1 N–H and O–H groups in total. The molecule has 3 nitrogen and oxygen atoms in total. The molecule has 0 amide bonds. The fraction of sp³-hybridized carbons (Fsp3) is 0.280. The van der Waals surface area contributed by atoms with Gasteiger partial charge in [-0.25, -0.2) is 8.78 Å². The number of hydrogen-bond donors (Lipinski definition) is 1. The van der Waals surface area contributed by atoms with Crippen LogP contribution in [0, 0.1) is 11.6 Å². The molecule has 4 rings (SSSR count). The van der Waals surface area contributed by atoms with Gasteiger partial charge in [0.15, 0.2) is 0 Å². The number of rotatable bonds is 6. The molecule has 1 atom stereocenters.